The molecule has 0 spiro atoms. The molecule has 2 atom stereocenters. The molecule has 1 heterocycles. The van der Waals surface area contributed by atoms with Crippen molar-refractivity contribution >= 4 is 17.8 Å². The number of amides is 2. The van der Waals surface area contributed by atoms with Crippen LogP contribution >= 0.6 is 11.8 Å². The molecule has 0 aromatic heterocycles. The topological polar surface area (TPSA) is 41.1 Å². The first-order chi connectivity index (χ1) is 11.1. The second-order valence-electron chi connectivity index (χ2n) is 5.62. The van der Waals surface area contributed by atoms with E-state index in [0.717, 1.165) is 28.2 Å². The van der Waals surface area contributed by atoms with Gasteiger partial charge in [0, 0.05) is 10.6 Å². The highest BCUT2D eigenvalue weighted by atomic mass is 32.2. The summed E-state index contributed by atoms with van der Waals surface area (Å²) in [4.78, 5) is 13.3. The van der Waals surface area contributed by atoms with Gasteiger partial charge in [-0.1, -0.05) is 30.3 Å². The van der Waals surface area contributed by atoms with Crippen LogP contribution in [0.3, 0.4) is 0 Å². The maximum Gasteiger partial charge on any atom is 0.315 e. The van der Waals surface area contributed by atoms with Crippen LogP contribution in [0.4, 0.5) is 9.18 Å². The minimum absolute atomic E-state index is 0.0823. The molecule has 1 aliphatic heterocycles. The summed E-state index contributed by atoms with van der Waals surface area (Å²) < 4.78 is 13.5. The molecule has 0 radical (unpaired) electrons. The van der Waals surface area contributed by atoms with Gasteiger partial charge in [0.15, 0.2) is 0 Å². The Labute approximate surface area is 139 Å². The molecule has 23 heavy (non-hydrogen) atoms. The highest BCUT2D eigenvalue weighted by Crippen LogP contribution is 2.36. The van der Waals surface area contributed by atoms with E-state index in [1.807, 2.05) is 37.3 Å². The first kappa shape index (κ1) is 15.9. The fourth-order valence-corrected chi connectivity index (χ4v) is 3.84. The van der Waals surface area contributed by atoms with E-state index >= 15 is 0 Å². The molecule has 2 amide bonds. The van der Waals surface area contributed by atoms with Gasteiger partial charge in [-0.05, 0) is 42.7 Å². The number of carbonyl (C=O) groups excluding carboxylic acids is 1. The zero-order valence-electron chi connectivity index (χ0n) is 12.9. The fraction of sp³-hybridized carbons (Fsp3) is 0.278. The second kappa shape index (κ2) is 7.04. The lowest BCUT2D eigenvalue weighted by atomic mass is 10.0. The number of nitrogens with one attached hydrogen (secondary N) is 2. The standard InChI is InChI=1S/C18H19FN2OS/c1-12(13-5-3-2-4-6-13)20-18(22)21-16-9-10-23-17-8-7-14(19)11-15(16)17/h2-8,11-12,16H,9-10H2,1H3,(H2,20,21,22). The summed E-state index contributed by atoms with van der Waals surface area (Å²) in [6.07, 6.45) is 0.800. The van der Waals surface area contributed by atoms with Crippen LogP contribution < -0.4 is 10.6 Å². The van der Waals surface area contributed by atoms with Crippen LogP contribution in [0.25, 0.3) is 0 Å². The van der Waals surface area contributed by atoms with E-state index in [9.17, 15) is 9.18 Å². The lowest BCUT2D eigenvalue weighted by Crippen LogP contribution is -2.40. The highest BCUT2D eigenvalue weighted by molar-refractivity contribution is 7.99. The van der Waals surface area contributed by atoms with Gasteiger partial charge in [-0.25, -0.2) is 9.18 Å². The van der Waals surface area contributed by atoms with Gasteiger partial charge in [0.05, 0.1) is 12.1 Å². The molecule has 0 fully saturated rings. The third-order valence-corrected chi connectivity index (χ3v) is 5.09. The second-order valence-corrected chi connectivity index (χ2v) is 6.76. The van der Waals surface area contributed by atoms with Crippen molar-refractivity contribution in [1.82, 2.24) is 10.6 Å². The first-order valence-electron chi connectivity index (χ1n) is 7.67. The Kier molecular flexibility index (Phi) is 4.86. The first-order valence-corrected chi connectivity index (χ1v) is 8.66. The van der Waals surface area contributed by atoms with Crippen molar-refractivity contribution in [3.63, 3.8) is 0 Å². The number of carbonyl (C=O) groups is 1. The van der Waals surface area contributed by atoms with E-state index in [-0.39, 0.29) is 23.9 Å². The van der Waals surface area contributed by atoms with Crippen LogP contribution in [-0.2, 0) is 0 Å². The van der Waals surface area contributed by atoms with Crippen molar-refractivity contribution in [3.8, 4) is 0 Å². The van der Waals surface area contributed by atoms with E-state index < -0.39 is 0 Å². The van der Waals surface area contributed by atoms with Gasteiger partial charge >= 0.3 is 6.03 Å². The largest absolute Gasteiger partial charge is 0.332 e. The van der Waals surface area contributed by atoms with Crippen molar-refractivity contribution in [2.75, 3.05) is 5.75 Å². The summed E-state index contributed by atoms with van der Waals surface area (Å²) >= 11 is 1.70. The molecule has 1 aliphatic rings. The SMILES string of the molecule is CC(NC(=O)NC1CCSc2ccc(F)cc21)c1ccccc1. The molecule has 0 saturated heterocycles. The zero-order chi connectivity index (χ0) is 16.2. The normalized spacial score (nSPS) is 17.9. The molecule has 2 unspecified atom stereocenters. The number of fused-ring (bicyclic) bond motifs is 1. The molecule has 120 valence electrons. The third kappa shape index (κ3) is 3.85. The van der Waals surface area contributed by atoms with Crippen molar-refractivity contribution in [1.29, 1.82) is 0 Å². The number of thioether (sulfide) groups is 1. The molecular formula is C18H19FN2OS. The molecule has 2 aromatic carbocycles. The Morgan fingerprint density at radius 3 is 2.83 bits per heavy atom. The molecule has 3 rings (SSSR count). The van der Waals surface area contributed by atoms with Crippen LogP contribution in [-0.4, -0.2) is 11.8 Å². The number of rotatable bonds is 3. The molecule has 3 nitrogen and oxygen atoms in total. The van der Waals surface area contributed by atoms with Gasteiger partial charge in [0.2, 0.25) is 0 Å². The third-order valence-electron chi connectivity index (χ3n) is 3.96. The smallest absolute Gasteiger partial charge is 0.315 e. The van der Waals surface area contributed by atoms with Gasteiger partial charge < -0.3 is 10.6 Å². The average Bonchev–Trinajstić information content (AvgIpc) is 2.56. The van der Waals surface area contributed by atoms with E-state index in [1.165, 1.54) is 12.1 Å². The zero-order valence-corrected chi connectivity index (χ0v) is 13.7. The summed E-state index contributed by atoms with van der Waals surface area (Å²) in [6, 6.07) is 14.1. The van der Waals surface area contributed by atoms with E-state index in [1.54, 1.807) is 17.8 Å². The summed E-state index contributed by atoms with van der Waals surface area (Å²) in [5.41, 5.74) is 1.91. The van der Waals surface area contributed by atoms with Crippen molar-refractivity contribution in [3.05, 3.63) is 65.5 Å². The van der Waals surface area contributed by atoms with Crippen molar-refractivity contribution in [2.45, 2.75) is 30.3 Å². The van der Waals surface area contributed by atoms with E-state index in [0.29, 0.717) is 0 Å². The van der Waals surface area contributed by atoms with Crippen LogP contribution in [0, 0.1) is 5.82 Å². The molecule has 0 aliphatic carbocycles. The quantitative estimate of drug-likeness (QED) is 0.874. The van der Waals surface area contributed by atoms with Gasteiger partial charge in [0.25, 0.3) is 0 Å². The molecule has 0 saturated carbocycles. The van der Waals surface area contributed by atoms with Crippen LogP contribution in [0.15, 0.2) is 53.4 Å². The predicted molar refractivity (Wildman–Crippen MR) is 91.0 cm³/mol. The van der Waals surface area contributed by atoms with Gasteiger partial charge in [-0.3, -0.25) is 0 Å². The Balaban J connectivity index is 1.66. The molecule has 2 N–H and O–H groups in total. The van der Waals surface area contributed by atoms with Crippen molar-refractivity contribution < 1.29 is 9.18 Å². The van der Waals surface area contributed by atoms with Gasteiger partial charge in [-0.15, -0.1) is 11.8 Å². The van der Waals surface area contributed by atoms with Crippen LogP contribution in [0.1, 0.15) is 36.6 Å². The minimum Gasteiger partial charge on any atom is -0.332 e. The molecule has 5 heteroatoms. The summed E-state index contributed by atoms with van der Waals surface area (Å²) in [6.45, 7) is 1.94. The average molecular weight is 330 g/mol. The summed E-state index contributed by atoms with van der Waals surface area (Å²) in [5, 5.41) is 5.91. The Morgan fingerprint density at radius 1 is 1.26 bits per heavy atom. The maximum absolute atomic E-state index is 13.5. The lowest BCUT2D eigenvalue weighted by molar-refractivity contribution is 0.233. The van der Waals surface area contributed by atoms with Gasteiger partial charge in [-0.2, -0.15) is 0 Å². The minimum atomic E-state index is -0.267. The Morgan fingerprint density at radius 2 is 2.04 bits per heavy atom. The van der Waals surface area contributed by atoms with Crippen LogP contribution in [0.2, 0.25) is 0 Å². The molecule has 0 bridgehead atoms. The number of urea groups is 1. The number of halogens is 1. The molecular weight excluding hydrogens is 311 g/mol. The number of hydrogen-bond acceptors (Lipinski definition) is 2. The maximum atomic E-state index is 13.5. The Hall–Kier alpha value is -2.01. The number of benzene rings is 2. The predicted octanol–water partition coefficient (Wildman–Crippen LogP) is 4.42. The summed E-state index contributed by atoms with van der Waals surface area (Å²) in [5.74, 6) is 0.647. The monoisotopic (exact) mass is 330 g/mol. The summed E-state index contributed by atoms with van der Waals surface area (Å²) in [7, 11) is 0. The van der Waals surface area contributed by atoms with Crippen molar-refractivity contribution in [2.24, 2.45) is 0 Å². The Bertz CT molecular complexity index is 693. The van der Waals surface area contributed by atoms with E-state index in [2.05, 4.69) is 10.6 Å². The lowest BCUT2D eigenvalue weighted by Gasteiger charge is -2.27. The highest BCUT2D eigenvalue weighted by Gasteiger charge is 2.23. The number of hydrogen-bond donors (Lipinski definition) is 2. The van der Waals surface area contributed by atoms with Crippen LogP contribution in [0.5, 0.6) is 0 Å². The van der Waals surface area contributed by atoms with Gasteiger partial charge in [0.1, 0.15) is 5.82 Å². The molecule has 2 aromatic rings. The fourth-order valence-electron chi connectivity index (χ4n) is 2.74. The van der Waals surface area contributed by atoms with E-state index in [4.69, 9.17) is 0 Å².